The minimum Gasteiger partial charge on any atom is -0.449 e. The maximum atomic E-state index is 12.3. The number of anilines is 1. The van der Waals surface area contributed by atoms with E-state index in [1.807, 2.05) is 18.2 Å². The van der Waals surface area contributed by atoms with Crippen molar-refractivity contribution >= 4 is 17.6 Å². The largest absolute Gasteiger partial charge is 0.449 e. The Morgan fingerprint density at radius 1 is 1.16 bits per heavy atom. The maximum absolute atomic E-state index is 12.3. The van der Waals surface area contributed by atoms with Crippen LogP contribution in [0.2, 0.25) is 0 Å². The molecule has 2 aromatic carbocycles. The molecular weight excluding hydrogens is 316 g/mol. The van der Waals surface area contributed by atoms with Gasteiger partial charge in [-0.1, -0.05) is 18.2 Å². The summed E-state index contributed by atoms with van der Waals surface area (Å²) in [5.74, 6) is -0.997. The molecule has 0 radical (unpaired) electrons. The molecule has 0 aromatic heterocycles. The van der Waals surface area contributed by atoms with Gasteiger partial charge < -0.3 is 10.1 Å². The molecule has 1 aliphatic rings. The number of hydrogen-bond acceptors (Lipinski definition) is 4. The first-order chi connectivity index (χ1) is 12.1. The van der Waals surface area contributed by atoms with Gasteiger partial charge in [0.05, 0.1) is 16.8 Å². The van der Waals surface area contributed by atoms with Gasteiger partial charge in [-0.2, -0.15) is 5.26 Å². The predicted octanol–water partition coefficient (Wildman–Crippen LogP) is 3.23. The Labute approximate surface area is 146 Å². The van der Waals surface area contributed by atoms with Crippen LogP contribution in [0.1, 0.15) is 40.4 Å². The molecule has 1 amide bonds. The Hall–Kier alpha value is -3.13. The minimum absolute atomic E-state index is 0.355. The van der Waals surface area contributed by atoms with Crippen LogP contribution >= 0.6 is 0 Å². The highest BCUT2D eigenvalue weighted by Crippen LogP contribution is 2.23. The summed E-state index contributed by atoms with van der Waals surface area (Å²) in [6.45, 7) is 1.51. The van der Waals surface area contributed by atoms with Crippen LogP contribution in [0.4, 0.5) is 5.69 Å². The van der Waals surface area contributed by atoms with Crippen molar-refractivity contribution in [1.82, 2.24) is 0 Å². The predicted molar refractivity (Wildman–Crippen MR) is 93.1 cm³/mol. The van der Waals surface area contributed by atoms with Crippen LogP contribution in [0.3, 0.4) is 0 Å². The average molecular weight is 334 g/mol. The number of nitrogens with one attached hydrogen (secondary N) is 1. The van der Waals surface area contributed by atoms with Crippen LogP contribution in [0, 0.1) is 11.3 Å². The molecule has 0 fully saturated rings. The second-order valence-corrected chi connectivity index (χ2v) is 6.03. The smallest absolute Gasteiger partial charge is 0.338 e. The van der Waals surface area contributed by atoms with Gasteiger partial charge in [0.1, 0.15) is 6.07 Å². The third-order valence-corrected chi connectivity index (χ3v) is 4.29. The van der Waals surface area contributed by atoms with Crippen molar-refractivity contribution in [2.75, 3.05) is 5.32 Å². The number of rotatable bonds is 4. The highest BCUT2D eigenvalue weighted by molar-refractivity contribution is 5.98. The van der Waals surface area contributed by atoms with Crippen molar-refractivity contribution in [2.24, 2.45) is 0 Å². The van der Waals surface area contributed by atoms with E-state index in [1.165, 1.54) is 18.1 Å². The molecule has 25 heavy (non-hydrogen) atoms. The zero-order chi connectivity index (χ0) is 17.8. The minimum atomic E-state index is -0.965. The van der Waals surface area contributed by atoms with Gasteiger partial charge in [0, 0.05) is 0 Å². The molecule has 0 spiro atoms. The van der Waals surface area contributed by atoms with Gasteiger partial charge in [-0.15, -0.1) is 0 Å². The fourth-order valence-electron chi connectivity index (χ4n) is 2.90. The second kappa shape index (κ2) is 7.18. The standard InChI is InChI=1S/C20H18N2O3/c1-13(19(23)22-18-8-3-2-5-17(18)12-21)25-20(24)16-10-9-14-6-4-7-15(14)11-16/h2-3,5,8-11,13H,4,6-7H2,1H3,(H,22,23). The lowest BCUT2D eigenvalue weighted by atomic mass is 10.1. The normalized spacial score (nSPS) is 13.4. The van der Waals surface area contributed by atoms with Gasteiger partial charge in [-0.05, 0) is 61.6 Å². The number of nitrogens with zero attached hydrogens (tertiary/aromatic N) is 1. The molecule has 0 bridgehead atoms. The Morgan fingerprint density at radius 2 is 1.92 bits per heavy atom. The number of para-hydroxylation sites is 1. The highest BCUT2D eigenvalue weighted by atomic mass is 16.5. The number of benzene rings is 2. The van der Waals surface area contributed by atoms with Gasteiger partial charge >= 0.3 is 5.97 Å². The van der Waals surface area contributed by atoms with Crippen molar-refractivity contribution in [2.45, 2.75) is 32.3 Å². The molecule has 5 nitrogen and oxygen atoms in total. The van der Waals surface area contributed by atoms with Crippen molar-refractivity contribution in [3.05, 3.63) is 64.7 Å². The molecule has 0 heterocycles. The maximum Gasteiger partial charge on any atom is 0.338 e. The third kappa shape index (κ3) is 3.69. The summed E-state index contributed by atoms with van der Waals surface area (Å²) in [7, 11) is 0. The SMILES string of the molecule is CC(OC(=O)c1ccc2c(c1)CCC2)C(=O)Nc1ccccc1C#N. The Kier molecular flexibility index (Phi) is 4.80. The van der Waals surface area contributed by atoms with Crippen LogP contribution in [0.25, 0.3) is 0 Å². The Balaban J connectivity index is 1.65. The van der Waals surface area contributed by atoms with E-state index in [4.69, 9.17) is 10.00 Å². The van der Waals surface area contributed by atoms with Crippen molar-refractivity contribution in [3.63, 3.8) is 0 Å². The quantitative estimate of drug-likeness (QED) is 0.871. The third-order valence-electron chi connectivity index (χ3n) is 4.29. The number of fused-ring (bicyclic) bond motifs is 1. The van der Waals surface area contributed by atoms with E-state index in [0.29, 0.717) is 16.8 Å². The fourth-order valence-corrected chi connectivity index (χ4v) is 2.90. The summed E-state index contributed by atoms with van der Waals surface area (Å²) in [6.07, 6.45) is 2.15. The first-order valence-electron chi connectivity index (χ1n) is 8.21. The molecular formula is C20H18N2O3. The van der Waals surface area contributed by atoms with Gasteiger partial charge in [0.25, 0.3) is 5.91 Å². The Bertz CT molecular complexity index is 867. The number of carbonyl (C=O) groups is 2. The lowest BCUT2D eigenvalue weighted by molar-refractivity contribution is -0.123. The van der Waals surface area contributed by atoms with Crippen LogP contribution < -0.4 is 5.32 Å². The van der Waals surface area contributed by atoms with Crippen LogP contribution in [0.15, 0.2) is 42.5 Å². The van der Waals surface area contributed by atoms with Crippen LogP contribution in [-0.2, 0) is 22.4 Å². The lowest BCUT2D eigenvalue weighted by Crippen LogP contribution is -2.30. The molecule has 0 aliphatic heterocycles. The fraction of sp³-hybridized carbons (Fsp3) is 0.250. The molecule has 1 N–H and O–H groups in total. The number of carbonyl (C=O) groups excluding carboxylic acids is 2. The van der Waals surface area contributed by atoms with Gasteiger partial charge in [-0.25, -0.2) is 4.79 Å². The van der Waals surface area contributed by atoms with Crippen molar-refractivity contribution in [3.8, 4) is 6.07 Å². The number of amides is 1. The van der Waals surface area contributed by atoms with Crippen LogP contribution in [-0.4, -0.2) is 18.0 Å². The highest BCUT2D eigenvalue weighted by Gasteiger charge is 2.21. The number of ether oxygens (including phenoxy) is 1. The molecule has 5 heteroatoms. The molecule has 0 saturated heterocycles. The Morgan fingerprint density at radius 3 is 2.72 bits per heavy atom. The van der Waals surface area contributed by atoms with E-state index in [-0.39, 0.29) is 0 Å². The van der Waals surface area contributed by atoms with Crippen molar-refractivity contribution < 1.29 is 14.3 Å². The monoisotopic (exact) mass is 334 g/mol. The van der Waals surface area contributed by atoms with Crippen molar-refractivity contribution in [1.29, 1.82) is 5.26 Å². The molecule has 1 unspecified atom stereocenters. The van der Waals surface area contributed by atoms with E-state index in [9.17, 15) is 9.59 Å². The second-order valence-electron chi connectivity index (χ2n) is 6.03. The summed E-state index contributed by atoms with van der Waals surface area (Å²) < 4.78 is 5.27. The number of aryl methyl sites for hydroxylation is 2. The van der Waals surface area contributed by atoms with E-state index < -0.39 is 18.0 Å². The van der Waals surface area contributed by atoms with Gasteiger partial charge in [0.15, 0.2) is 6.10 Å². The van der Waals surface area contributed by atoms with E-state index in [2.05, 4.69) is 5.32 Å². The summed E-state index contributed by atoms with van der Waals surface area (Å²) in [5, 5.41) is 11.7. The van der Waals surface area contributed by atoms with E-state index in [0.717, 1.165) is 19.3 Å². The number of nitriles is 1. The lowest BCUT2D eigenvalue weighted by Gasteiger charge is -2.14. The van der Waals surface area contributed by atoms with Gasteiger partial charge in [-0.3, -0.25) is 4.79 Å². The molecule has 2 aromatic rings. The summed E-state index contributed by atoms with van der Waals surface area (Å²) >= 11 is 0. The molecule has 1 aliphatic carbocycles. The number of hydrogen-bond donors (Lipinski definition) is 1. The topological polar surface area (TPSA) is 79.2 Å². The van der Waals surface area contributed by atoms with Gasteiger partial charge in [0.2, 0.25) is 0 Å². The number of esters is 1. The summed E-state index contributed by atoms with van der Waals surface area (Å²) in [6, 6.07) is 14.2. The molecule has 1 atom stereocenters. The van der Waals surface area contributed by atoms with Crippen LogP contribution in [0.5, 0.6) is 0 Å². The first-order valence-corrected chi connectivity index (χ1v) is 8.21. The molecule has 126 valence electrons. The molecule has 3 rings (SSSR count). The summed E-state index contributed by atoms with van der Waals surface area (Å²) in [5.41, 5.74) is 3.66. The zero-order valence-electron chi connectivity index (χ0n) is 13.9. The van der Waals surface area contributed by atoms with E-state index >= 15 is 0 Å². The zero-order valence-corrected chi connectivity index (χ0v) is 13.9. The average Bonchev–Trinajstić information content (AvgIpc) is 3.09. The first kappa shape index (κ1) is 16.7. The van der Waals surface area contributed by atoms with E-state index in [1.54, 1.807) is 30.3 Å². The summed E-state index contributed by atoms with van der Waals surface area (Å²) in [4.78, 5) is 24.5. The molecule has 0 saturated carbocycles.